The Bertz CT molecular complexity index is 644. The summed E-state index contributed by atoms with van der Waals surface area (Å²) >= 11 is 0. The summed E-state index contributed by atoms with van der Waals surface area (Å²) in [6.45, 7) is 1.91. The van der Waals surface area contributed by atoms with Crippen molar-refractivity contribution in [2.45, 2.75) is 6.92 Å². The van der Waals surface area contributed by atoms with E-state index in [4.69, 9.17) is 0 Å². The van der Waals surface area contributed by atoms with Gasteiger partial charge in [-0.2, -0.15) is 0 Å². The molecule has 0 aliphatic heterocycles. The van der Waals surface area contributed by atoms with Gasteiger partial charge in [0, 0.05) is 11.6 Å². The Morgan fingerprint density at radius 2 is 1.67 bits per heavy atom. The molecular weight excluding hydrogens is 184 g/mol. The van der Waals surface area contributed by atoms with Gasteiger partial charge in [0.05, 0.1) is 5.52 Å². The van der Waals surface area contributed by atoms with Crippen LogP contribution in [0, 0.1) is 6.92 Å². The number of hydrogen-bond acceptors (Lipinski definition) is 2. The molecular formula is C13H10N2. The highest BCUT2D eigenvalue weighted by atomic mass is 14.9. The highest BCUT2D eigenvalue weighted by Crippen LogP contribution is 2.20. The maximum Gasteiger partial charge on any atom is 0.125 e. The lowest BCUT2D eigenvalue weighted by Gasteiger charge is -2.01. The van der Waals surface area contributed by atoms with Crippen molar-refractivity contribution in [2.24, 2.45) is 0 Å². The number of fused-ring (bicyclic) bond motifs is 2. The summed E-state index contributed by atoms with van der Waals surface area (Å²) in [4.78, 5) is 8.62. The van der Waals surface area contributed by atoms with Gasteiger partial charge in [-0.15, -0.1) is 0 Å². The van der Waals surface area contributed by atoms with E-state index in [0.29, 0.717) is 0 Å². The molecule has 0 bridgehead atoms. The van der Waals surface area contributed by atoms with Crippen molar-refractivity contribution in [2.75, 3.05) is 0 Å². The van der Waals surface area contributed by atoms with Crippen molar-refractivity contribution in [1.29, 1.82) is 0 Å². The van der Waals surface area contributed by atoms with E-state index in [2.05, 4.69) is 34.2 Å². The van der Waals surface area contributed by atoms with Gasteiger partial charge in [-0.1, -0.05) is 24.3 Å². The summed E-state index contributed by atoms with van der Waals surface area (Å²) in [5.41, 5.74) is 1.02. The van der Waals surface area contributed by atoms with Crippen LogP contribution in [-0.4, -0.2) is 9.97 Å². The topological polar surface area (TPSA) is 25.8 Å². The minimum absolute atomic E-state index is 0.817. The zero-order valence-electron chi connectivity index (χ0n) is 8.44. The molecule has 0 aliphatic carbocycles. The van der Waals surface area contributed by atoms with Gasteiger partial charge in [0.15, 0.2) is 0 Å². The van der Waals surface area contributed by atoms with E-state index < -0.39 is 0 Å². The first kappa shape index (κ1) is 8.36. The first-order valence-corrected chi connectivity index (χ1v) is 4.95. The molecule has 0 unspecified atom stereocenters. The van der Waals surface area contributed by atoms with Gasteiger partial charge in [0.1, 0.15) is 5.82 Å². The van der Waals surface area contributed by atoms with Gasteiger partial charge < -0.3 is 0 Å². The molecule has 3 rings (SSSR count). The van der Waals surface area contributed by atoms with Crippen molar-refractivity contribution in [3.05, 3.63) is 48.4 Å². The van der Waals surface area contributed by atoms with Crippen molar-refractivity contribution < 1.29 is 0 Å². The molecule has 2 aromatic carbocycles. The second-order valence-corrected chi connectivity index (χ2v) is 3.68. The molecule has 0 radical (unpaired) electrons. The summed E-state index contributed by atoms with van der Waals surface area (Å²) in [5.74, 6) is 0.817. The van der Waals surface area contributed by atoms with E-state index in [1.165, 1.54) is 10.8 Å². The number of benzene rings is 2. The first-order chi connectivity index (χ1) is 7.33. The fourth-order valence-electron chi connectivity index (χ4n) is 1.81. The van der Waals surface area contributed by atoms with Crippen LogP contribution in [-0.2, 0) is 0 Å². The van der Waals surface area contributed by atoms with Gasteiger partial charge in [-0.25, -0.2) is 9.97 Å². The average molecular weight is 194 g/mol. The van der Waals surface area contributed by atoms with Crippen LogP contribution in [0.15, 0.2) is 42.6 Å². The summed E-state index contributed by atoms with van der Waals surface area (Å²) in [6.07, 6.45) is 1.88. The smallest absolute Gasteiger partial charge is 0.125 e. The van der Waals surface area contributed by atoms with Crippen LogP contribution in [0.4, 0.5) is 0 Å². The summed E-state index contributed by atoms with van der Waals surface area (Å²) in [7, 11) is 0. The molecule has 0 atom stereocenters. The van der Waals surface area contributed by atoms with Crippen LogP contribution in [0.1, 0.15) is 5.82 Å². The molecule has 0 spiro atoms. The van der Waals surface area contributed by atoms with Gasteiger partial charge in [0.25, 0.3) is 0 Å². The SMILES string of the molecule is Cc1ncc2cc3ccccc3cc2n1. The summed E-state index contributed by atoms with van der Waals surface area (Å²) in [5, 5.41) is 3.56. The lowest BCUT2D eigenvalue weighted by Crippen LogP contribution is -1.87. The number of aryl methyl sites for hydroxylation is 1. The Morgan fingerprint density at radius 1 is 0.933 bits per heavy atom. The number of aromatic nitrogens is 2. The minimum Gasteiger partial charge on any atom is -0.241 e. The molecule has 0 aliphatic rings. The lowest BCUT2D eigenvalue weighted by molar-refractivity contribution is 1.09. The largest absolute Gasteiger partial charge is 0.241 e. The highest BCUT2D eigenvalue weighted by molar-refractivity contribution is 5.96. The Hall–Kier alpha value is -1.96. The van der Waals surface area contributed by atoms with E-state index in [1.54, 1.807) is 0 Å². The van der Waals surface area contributed by atoms with Crippen LogP contribution in [0.2, 0.25) is 0 Å². The predicted molar refractivity (Wildman–Crippen MR) is 61.8 cm³/mol. The second-order valence-electron chi connectivity index (χ2n) is 3.68. The fourth-order valence-corrected chi connectivity index (χ4v) is 1.81. The molecule has 0 N–H and O–H groups in total. The van der Waals surface area contributed by atoms with Gasteiger partial charge in [0.2, 0.25) is 0 Å². The third-order valence-electron chi connectivity index (χ3n) is 2.57. The molecule has 0 fully saturated rings. The maximum atomic E-state index is 4.41. The highest BCUT2D eigenvalue weighted by Gasteiger charge is 1.99. The molecule has 1 heterocycles. The Kier molecular flexibility index (Phi) is 1.68. The normalized spacial score (nSPS) is 11.0. The zero-order valence-corrected chi connectivity index (χ0v) is 8.44. The van der Waals surface area contributed by atoms with Gasteiger partial charge in [-0.3, -0.25) is 0 Å². The van der Waals surface area contributed by atoms with Crippen molar-refractivity contribution in [3.8, 4) is 0 Å². The van der Waals surface area contributed by atoms with Gasteiger partial charge >= 0.3 is 0 Å². The van der Waals surface area contributed by atoms with Crippen LogP contribution >= 0.6 is 0 Å². The van der Waals surface area contributed by atoms with E-state index in [1.807, 2.05) is 25.3 Å². The van der Waals surface area contributed by atoms with E-state index >= 15 is 0 Å². The molecule has 3 aromatic rings. The molecule has 15 heavy (non-hydrogen) atoms. The monoisotopic (exact) mass is 194 g/mol. The fraction of sp³-hybridized carbons (Fsp3) is 0.0769. The Balaban J connectivity index is 2.47. The minimum atomic E-state index is 0.817. The van der Waals surface area contributed by atoms with E-state index in [9.17, 15) is 0 Å². The van der Waals surface area contributed by atoms with Crippen LogP contribution in [0.25, 0.3) is 21.7 Å². The summed E-state index contributed by atoms with van der Waals surface area (Å²) in [6, 6.07) is 12.5. The number of nitrogens with zero attached hydrogens (tertiary/aromatic N) is 2. The van der Waals surface area contributed by atoms with Crippen LogP contribution in [0.5, 0.6) is 0 Å². The third-order valence-corrected chi connectivity index (χ3v) is 2.57. The number of rotatable bonds is 0. The van der Waals surface area contributed by atoms with Gasteiger partial charge in [-0.05, 0) is 29.8 Å². The lowest BCUT2D eigenvalue weighted by atomic mass is 10.1. The maximum absolute atomic E-state index is 4.41. The molecule has 0 amide bonds. The standard InChI is InChI=1S/C13H10N2/c1-9-14-8-12-6-10-4-2-3-5-11(10)7-13(12)15-9/h2-8H,1H3. The predicted octanol–water partition coefficient (Wildman–Crippen LogP) is 3.09. The Morgan fingerprint density at radius 3 is 2.47 bits per heavy atom. The van der Waals surface area contributed by atoms with Crippen molar-refractivity contribution in [3.63, 3.8) is 0 Å². The first-order valence-electron chi connectivity index (χ1n) is 4.95. The molecule has 2 heteroatoms. The molecule has 72 valence electrons. The van der Waals surface area contributed by atoms with Crippen LogP contribution in [0.3, 0.4) is 0 Å². The quantitative estimate of drug-likeness (QED) is 0.514. The molecule has 2 nitrogen and oxygen atoms in total. The summed E-state index contributed by atoms with van der Waals surface area (Å²) < 4.78 is 0. The molecule has 0 saturated heterocycles. The van der Waals surface area contributed by atoms with E-state index in [0.717, 1.165) is 16.7 Å². The molecule has 0 saturated carbocycles. The third kappa shape index (κ3) is 1.34. The number of hydrogen-bond donors (Lipinski definition) is 0. The van der Waals surface area contributed by atoms with Crippen molar-refractivity contribution >= 4 is 21.7 Å². The zero-order chi connectivity index (χ0) is 10.3. The average Bonchev–Trinajstić information content (AvgIpc) is 2.26. The van der Waals surface area contributed by atoms with Crippen LogP contribution < -0.4 is 0 Å². The Labute approximate surface area is 87.6 Å². The second kappa shape index (κ2) is 3.02. The van der Waals surface area contributed by atoms with Crippen molar-refractivity contribution in [1.82, 2.24) is 9.97 Å². The molecule has 1 aromatic heterocycles. The van der Waals surface area contributed by atoms with E-state index in [-0.39, 0.29) is 0 Å².